The van der Waals surface area contributed by atoms with Gasteiger partial charge < -0.3 is 36.1 Å². The summed E-state index contributed by atoms with van der Waals surface area (Å²) in [5.74, 6) is -3.64. The second kappa shape index (κ2) is 14.9. The molecule has 1 atom stereocenters. The topological polar surface area (TPSA) is 186 Å². The van der Waals surface area contributed by atoms with Crippen LogP contribution in [0.3, 0.4) is 0 Å². The van der Waals surface area contributed by atoms with E-state index in [9.17, 15) is 32.3 Å². The second-order valence-electron chi connectivity index (χ2n) is 10.2. The maximum absolute atomic E-state index is 12.9. The number of rotatable bonds is 13. The molecule has 3 aromatic rings. The zero-order chi connectivity index (χ0) is 34.2. The summed E-state index contributed by atoms with van der Waals surface area (Å²) in [6.07, 6.45) is -3.21. The van der Waals surface area contributed by atoms with E-state index < -0.39 is 60.6 Å². The van der Waals surface area contributed by atoms with Crippen molar-refractivity contribution in [3.8, 4) is 6.01 Å². The molecule has 1 saturated carbocycles. The highest BCUT2D eigenvalue weighted by Crippen LogP contribution is 2.48. The summed E-state index contributed by atoms with van der Waals surface area (Å²) in [4.78, 5) is 60.8. The molecular formula is C29H30ClF3N8O6. The van der Waals surface area contributed by atoms with Crippen LogP contribution in [-0.2, 0) is 24.7 Å². The molecule has 1 aliphatic rings. The molecule has 250 valence electrons. The van der Waals surface area contributed by atoms with E-state index in [0.29, 0.717) is 23.6 Å². The largest absolute Gasteiger partial charge is 0.464 e. The van der Waals surface area contributed by atoms with Gasteiger partial charge in [0.1, 0.15) is 6.04 Å². The third-order valence-electron chi connectivity index (χ3n) is 6.66. The Labute approximate surface area is 271 Å². The molecule has 18 heteroatoms. The first-order chi connectivity index (χ1) is 22.3. The van der Waals surface area contributed by atoms with Crippen molar-refractivity contribution < 1.29 is 41.8 Å². The fraction of sp³-hybridized carbons (Fsp3) is 0.345. The standard InChI is InChI=1S/C29H30ClF3N8O6/c1-3-46-24(45)20(14-35-23(44)22(43)34-2)37-21(42)16-4-10-19(11-5-16)36-25-38-26(40-27(39-25)47-15-29(31,32)33)41-28(12-13-28)17-6-8-18(30)9-7-17/h4-11,20H,3,12-15H2,1-2H3,(H,34,43)(H,35,44)(H,37,42)(H2,36,38,39,40,41)/t20-/m0/s1. The third kappa shape index (κ3) is 9.90. The zero-order valence-corrected chi connectivity index (χ0v) is 25.8. The van der Waals surface area contributed by atoms with Gasteiger partial charge in [-0.05, 0) is 61.7 Å². The molecule has 0 unspecified atom stereocenters. The summed E-state index contributed by atoms with van der Waals surface area (Å²) in [6, 6.07) is 11.0. The van der Waals surface area contributed by atoms with Gasteiger partial charge in [0.05, 0.1) is 12.1 Å². The van der Waals surface area contributed by atoms with Crippen LogP contribution in [0, 0.1) is 0 Å². The number of carbonyl (C=O) groups is 4. The smallest absolute Gasteiger partial charge is 0.422 e. The minimum absolute atomic E-state index is 0.00828. The number of amides is 3. The first-order valence-corrected chi connectivity index (χ1v) is 14.5. The molecular weight excluding hydrogens is 649 g/mol. The number of nitrogens with zero attached hydrogens (tertiary/aromatic N) is 3. The molecule has 0 bridgehead atoms. The Hall–Kier alpha value is -5.19. The van der Waals surface area contributed by atoms with Crippen molar-refractivity contribution in [2.75, 3.05) is 37.4 Å². The molecule has 0 spiro atoms. The molecule has 0 saturated heterocycles. The number of hydrogen-bond acceptors (Lipinski definition) is 11. The van der Waals surface area contributed by atoms with Gasteiger partial charge in [0, 0.05) is 29.9 Å². The molecule has 14 nitrogen and oxygen atoms in total. The van der Waals surface area contributed by atoms with Crippen molar-refractivity contribution in [1.82, 2.24) is 30.9 Å². The number of alkyl halides is 3. The van der Waals surface area contributed by atoms with Crippen LogP contribution < -0.4 is 31.3 Å². The van der Waals surface area contributed by atoms with Gasteiger partial charge in [-0.2, -0.15) is 28.1 Å². The van der Waals surface area contributed by atoms with Crippen molar-refractivity contribution in [3.05, 3.63) is 64.7 Å². The van der Waals surface area contributed by atoms with Gasteiger partial charge in [0.15, 0.2) is 6.61 Å². The van der Waals surface area contributed by atoms with E-state index in [1.165, 1.54) is 31.3 Å². The van der Waals surface area contributed by atoms with E-state index in [1.807, 2.05) is 12.1 Å². The number of likely N-dealkylation sites (N-methyl/N-ethyl adjacent to an activating group) is 1. The predicted octanol–water partition coefficient (Wildman–Crippen LogP) is 2.83. The quantitative estimate of drug-likeness (QED) is 0.132. The number of anilines is 3. The average Bonchev–Trinajstić information content (AvgIpc) is 3.81. The predicted molar refractivity (Wildman–Crippen MR) is 162 cm³/mol. The molecule has 4 rings (SSSR count). The molecule has 1 aromatic heterocycles. The molecule has 1 aliphatic carbocycles. The maximum Gasteiger partial charge on any atom is 0.422 e. The maximum atomic E-state index is 12.9. The lowest BCUT2D eigenvalue weighted by Gasteiger charge is -2.19. The highest BCUT2D eigenvalue weighted by atomic mass is 35.5. The molecule has 5 N–H and O–H groups in total. The molecule has 0 radical (unpaired) electrons. The van der Waals surface area contributed by atoms with Crippen molar-refractivity contribution in [2.24, 2.45) is 0 Å². The number of halogens is 4. The van der Waals surface area contributed by atoms with E-state index in [-0.39, 0.29) is 24.1 Å². The first kappa shape index (κ1) is 34.7. The van der Waals surface area contributed by atoms with Gasteiger partial charge >= 0.3 is 30.0 Å². The van der Waals surface area contributed by atoms with Crippen molar-refractivity contribution >= 4 is 52.9 Å². The van der Waals surface area contributed by atoms with Crippen LogP contribution >= 0.6 is 11.6 Å². The minimum atomic E-state index is -4.63. The molecule has 1 heterocycles. The number of ether oxygens (including phenoxy) is 2. The van der Waals surface area contributed by atoms with Crippen LogP contribution in [0.15, 0.2) is 48.5 Å². The summed E-state index contributed by atoms with van der Waals surface area (Å²) >= 11 is 6.01. The van der Waals surface area contributed by atoms with Crippen LogP contribution in [0.1, 0.15) is 35.7 Å². The van der Waals surface area contributed by atoms with Crippen molar-refractivity contribution in [3.63, 3.8) is 0 Å². The van der Waals surface area contributed by atoms with Crippen molar-refractivity contribution in [2.45, 2.75) is 37.5 Å². The number of benzene rings is 2. The monoisotopic (exact) mass is 678 g/mol. The zero-order valence-electron chi connectivity index (χ0n) is 25.0. The SMILES string of the molecule is CCOC(=O)[C@H](CNC(=O)C(=O)NC)NC(=O)c1ccc(Nc2nc(NC3(c4ccc(Cl)cc4)CC3)nc(OCC(F)(F)F)n2)cc1. The van der Waals surface area contributed by atoms with Crippen LogP contribution in [-0.4, -0.2) is 77.7 Å². The Morgan fingerprint density at radius 3 is 2.21 bits per heavy atom. The number of nitrogens with one attached hydrogen (secondary N) is 5. The molecule has 0 aliphatic heterocycles. The number of aromatic nitrogens is 3. The summed E-state index contributed by atoms with van der Waals surface area (Å²) in [5.41, 5.74) is 0.793. The third-order valence-corrected chi connectivity index (χ3v) is 6.91. The Balaban J connectivity index is 1.48. The van der Waals surface area contributed by atoms with E-state index in [4.69, 9.17) is 21.1 Å². The summed E-state index contributed by atoms with van der Waals surface area (Å²) in [6.45, 7) is -0.463. The van der Waals surface area contributed by atoms with Crippen LogP contribution in [0.25, 0.3) is 0 Å². The summed E-state index contributed by atoms with van der Waals surface area (Å²) < 4.78 is 48.4. The molecule has 47 heavy (non-hydrogen) atoms. The van der Waals surface area contributed by atoms with E-state index >= 15 is 0 Å². The van der Waals surface area contributed by atoms with Gasteiger partial charge in [-0.25, -0.2) is 4.79 Å². The van der Waals surface area contributed by atoms with E-state index in [2.05, 4.69) is 41.5 Å². The summed E-state index contributed by atoms with van der Waals surface area (Å²) in [7, 11) is 1.26. The minimum Gasteiger partial charge on any atom is -0.464 e. The van der Waals surface area contributed by atoms with Gasteiger partial charge in [-0.15, -0.1) is 0 Å². The Bertz CT molecular complexity index is 1600. The molecule has 2 aromatic carbocycles. The Kier molecular flexibility index (Phi) is 11.0. The average molecular weight is 679 g/mol. The lowest BCUT2D eigenvalue weighted by molar-refractivity contribution is -0.154. The number of hydrogen-bond donors (Lipinski definition) is 5. The first-order valence-electron chi connectivity index (χ1n) is 14.1. The summed E-state index contributed by atoms with van der Waals surface area (Å²) in [5, 5.41) is 13.4. The molecule has 3 amide bonds. The van der Waals surface area contributed by atoms with Gasteiger partial charge in [-0.3, -0.25) is 14.4 Å². The fourth-order valence-electron chi connectivity index (χ4n) is 4.17. The second-order valence-corrected chi connectivity index (χ2v) is 10.6. The Morgan fingerprint density at radius 2 is 1.62 bits per heavy atom. The number of esters is 1. The number of carbonyl (C=O) groups excluding carboxylic acids is 4. The van der Waals surface area contributed by atoms with E-state index in [0.717, 1.165) is 5.56 Å². The van der Waals surface area contributed by atoms with Gasteiger partial charge in [0.2, 0.25) is 11.9 Å². The van der Waals surface area contributed by atoms with Crippen LogP contribution in [0.4, 0.5) is 30.8 Å². The highest BCUT2D eigenvalue weighted by molar-refractivity contribution is 6.35. The van der Waals surface area contributed by atoms with Crippen LogP contribution in [0.2, 0.25) is 5.02 Å². The Morgan fingerprint density at radius 1 is 0.957 bits per heavy atom. The van der Waals surface area contributed by atoms with Gasteiger partial charge in [0.25, 0.3) is 5.91 Å². The van der Waals surface area contributed by atoms with Crippen LogP contribution in [0.5, 0.6) is 6.01 Å². The fourth-order valence-corrected chi connectivity index (χ4v) is 4.30. The van der Waals surface area contributed by atoms with Gasteiger partial charge in [-0.1, -0.05) is 23.7 Å². The molecule has 1 fully saturated rings. The lowest BCUT2D eigenvalue weighted by Crippen LogP contribution is -2.51. The highest BCUT2D eigenvalue weighted by Gasteiger charge is 2.45. The lowest BCUT2D eigenvalue weighted by atomic mass is 10.1. The van der Waals surface area contributed by atoms with Crippen molar-refractivity contribution in [1.29, 1.82) is 0 Å². The van der Waals surface area contributed by atoms with E-state index in [1.54, 1.807) is 19.1 Å². The normalized spacial score (nSPS) is 13.8.